The Bertz CT molecular complexity index is 749. The van der Waals surface area contributed by atoms with Crippen LogP contribution in [0.3, 0.4) is 0 Å². The van der Waals surface area contributed by atoms with E-state index in [1.807, 2.05) is 41.9 Å². The fraction of sp³-hybridized carbons (Fsp3) is 0.375. The molecule has 1 aromatic carbocycles. The third-order valence-corrected chi connectivity index (χ3v) is 3.75. The van der Waals surface area contributed by atoms with Crippen LogP contribution in [-0.2, 0) is 13.0 Å². The quantitative estimate of drug-likeness (QED) is 0.694. The monoisotopic (exact) mass is 312 g/mol. The molecule has 7 heteroatoms. The van der Waals surface area contributed by atoms with Gasteiger partial charge in [0.2, 0.25) is 5.89 Å². The van der Waals surface area contributed by atoms with Crippen molar-refractivity contribution in [2.24, 2.45) is 0 Å². The molecule has 3 rings (SSSR count). The normalized spacial score (nSPS) is 11.5. The molecule has 0 atom stereocenters. The standard InChI is InChI=1S/C16H20N6O/c1-12(2)21(3)10-16-18-14(20-23-16)9-15-19-17-11-22(15)13-7-5-4-6-8-13/h4-8,11-12H,9-10H2,1-3H3. The summed E-state index contributed by atoms with van der Waals surface area (Å²) in [5, 5.41) is 12.2. The molecule has 0 radical (unpaired) electrons. The minimum Gasteiger partial charge on any atom is -0.338 e. The molecule has 0 amide bonds. The van der Waals surface area contributed by atoms with E-state index in [4.69, 9.17) is 4.52 Å². The lowest BCUT2D eigenvalue weighted by molar-refractivity contribution is 0.226. The molecule has 7 nitrogen and oxygen atoms in total. The van der Waals surface area contributed by atoms with Gasteiger partial charge >= 0.3 is 0 Å². The second-order valence-electron chi connectivity index (χ2n) is 5.74. The van der Waals surface area contributed by atoms with Gasteiger partial charge in [0.15, 0.2) is 5.82 Å². The zero-order valence-electron chi connectivity index (χ0n) is 13.5. The lowest BCUT2D eigenvalue weighted by Gasteiger charge is -2.17. The molecule has 0 fully saturated rings. The minimum absolute atomic E-state index is 0.423. The number of hydrogen-bond acceptors (Lipinski definition) is 6. The molecule has 0 aliphatic rings. The summed E-state index contributed by atoms with van der Waals surface area (Å²) in [5.74, 6) is 2.00. The third kappa shape index (κ3) is 3.62. The summed E-state index contributed by atoms with van der Waals surface area (Å²) in [7, 11) is 2.03. The van der Waals surface area contributed by atoms with E-state index in [1.165, 1.54) is 0 Å². The molecule has 3 aromatic rings. The van der Waals surface area contributed by atoms with Crippen LogP contribution in [0.1, 0.15) is 31.4 Å². The Morgan fingerprint density at radius 1 is 1.22 bits per heavy atom. The Kier molecular flexibility index (Phi) is 4.47. The largest absolute Gasteiger partial charge is 0.338 e. The van der Waals surface area contributed by atoms with Gasteiger partial charge in [-0.3, -0.25) is 9.47 Å². The first-order chi connectivity index (χ1) is 11.1. The zero-order chi connectivity index (χ0) is 16.2. The summed E-state index contributed by atoms with van der Waals surface area (Å²) in [6.07, 6.45) is 2.17. The van der Waals surface area contributed by atoms with Crippen LogP contribution >= 0.6 is 0 Å². The van der Waals surface area contributed by atoms with Gasteiger partial charge < -0.3 is 4.52 Å². The van der Waals surface area contributed by atoms with Gasteiger partial charge in [0.1, 0.15) is 12.2 Å². The Morgan fingerprint density at radius 2 is 2.00 bits per heavy atom. The lowest BCUT2D eigenvalue weighted by atomic mass is 10.3. The topological polar surface area (TPSA) is 72.9 Å². The Labute approximate surface area is 135 Å². The predicted octanol–water partition coefficient (Wildman–Crippen LogP) is 2.08. The summed E-state index contributed by atoms with van der Waals surface area (Å²) in [6.45, 7) is 4.88. The second kappa shape index (κ2) is 6.70. The number of aromatic nitrogens is 5. The summed E-state index contributed by atoms with van der Waals surface area (Å²) < 4.78 is 7.25. The van der Waals surface area contributed by atoms with E-state index in [1.54, 1.807) is 6.33 Å². The highest BCUT2D eigenvalue weighted by Crippen LogP contribution is 2.12. The minimum atomic E-state index is 0.423. The van der Waals surface area contributed by atoms with Gasteiger partial charge in [-0.25, -0.2) is 0 Å². The molecule has 0 saturated carbocycles. The molecule has 0 saturated heterocycles. The molecule has 2 aromatic heterocycles. The zero-order valence-corrected chi connectivity index (χ0v) is 13.5. The first-order valence-electron chi connectivity index (χ1n) is 7.59. The number of hydrogen-bond donors (Lipinski definition) is 0. The van der Waals surface area contributed by atoms with E-state index in [9.17, 15) is 0 Å². The highest BCUT2D eigenvalue weighted by Gasteiger charge is 2.14. The summed E-state index contributed by atoms with van der Waals surface area (Å²) in [6, 6.07) is 10.4. The van der Waals surface area contributed by atoms with E-state index in [0.717, 1.165) is 11.5 Å². The van der Waals surface area contributed by atoms with Crippen molar-refractivity contribution in [1.29, 1.82) is 0 Å². The number of rotatable bonds is 6. The number of benzene rings is 1. The van der Waals surface area contributed by atoms with Crippen molar-refractivity contribution in [3.8, 4) is 5.69 Å². The molecule has 0 unspecified atom stereocenters. The van der Waals surface area contributed by atoms with Crippen LogP contribution in [-0.4, -0.2) is 42.9 Å². The summed E-state index contributed by atoms with van der Waals surface area (Å²) >= 11 is 0. The number of para-hydroxylation sites is 1. The Hall–Kier alpha value is -2.54. The van der Waals surface area contributed by atoms with Crippen LogP contribution in [0.15, 0.2) is 41.2 Å². The highest BCUT2D eigenvalue weighted by atomic mass is 16.5. The average Bonchev–Trinajstić information content (AvgIpc) is 3.18. The molecule has 2 heterocycles. The van der Waals surface area contributed by atoms with Crippen LogP contribution in [0.4, 0.5) is 0 Å². The first-order valence-corrected chi connectivity index (χ1v) is 7.59. The van der Waals surface area contributed by atoms with Crippen molar-refractivity contribution in [3.63, 3.8) is 0 Å². The maximum atomic E-state index is 5.32. The molecule has 0 N–H and O–H groups in total. The molecule has 0 aliphatic heterocycles. The van der Waals surface area contributed by atoms with E-state index in [2.05, 4.69) is 39.1 Å². The highest BCUT2D eigenvalue weighted by molar-refractivity contribution is 5.32. The van der Waals surface area contributed by atoms with Crippen LogP contribution < -0.4 is 0 Å². The summed E-state index contributed by atoms with van der Waals surface area (Å²) in [5.41, 5.74) is 1.01. The smallest absolute Gasteiger partial charge is 0.240 e. The Morgan fingerprint density at radius 3 is 2.74 bits per heavy atom. The molecule has 0 aliphatic carbocycles. The van der Waals surface area contributed by atoms with Crippen LogP contribution in [0, 0.1) is 0 Å². The van der Waals surface area contributed by atoms with Gasteiger partial charge in [-0.05, 0) is 33.0 Å². The maximum absolute atomic E-state index is 5.32. The molecular weight excluding hydrogens is 292 g/mol. The fourth-order valence-corrected chi connectivity index (χ4v) is 2.15. The SMILES string of the molecule is CC(C)N(C)Cc1nc(Cc2nncn2-c2ccccc2)no1. The molecule has 0 spiro atoms. The molecule has 0 bridgehead atoms. The fourth-order valence-electron chi connectivity index (χ4n) is 2.15. The molecule has 120 valence electrons. The molecule has 23 heavy (non-hydrogen) atoms. The van der Waals surface area contributed by atoms with E-state index >= 15 is 0 Å². The Balaban J connectivity index is 1.74. The van der Waals surface area contributed by atoms with Gasteiger partial charge in [-0.1, -0.05) is 23.4 Å². The third-order valence-electron chi connectivity index (χ3n) is 3.75. The summed E-state index contributed by atoms with van der Waals surface area (Å²) in [4.78, 5) is 6.58. The lowest BCUT2D eigenvalue weighted by Crippen LogP contribution is -2.25. The maximum Gasteiger partial charge on any atom is 0.240 e. The van der Waals surface area contributed by atoms with Crippen molar-refractivity contribution < 1.29 is 4.52 Å². The second-order valence-corrected chi connectivity index (χ2v) is 5.74. The van der Waals surface area contributed by atoms with Crippen molar-refractivity contribution in [2.75, 3.05) is 7.05 Å². The predicted molar refractivity (Wildman–Crippen MR) is 85.1 cm³/mol. The van der Waals surface area contributed by atoms with Crippen LogP contribution in [0.2, 0.25) is 0 Å². The van der Waals surface area contributed by atoms with Gasteiger partial charge in [-0.2, -0.15) is 4.98 Å². The van der Waals surface area contributed by atoms with Crippen molar-refractivity contribution in [1.82, 2.24) is 29.8 Å². The average molecular weight is 312 g/mol. The van der Waals surface area contributed by atoms with E-state index in [0.29, 0.717) is 30.7 Å². The van der Waals surface area contributed by atoms with Gasteiger partial charge in [0.05, 0.1) is 13.0 Å². The van der Waals surface area contributed by atoms with Crippen LogP contribution in [0.5, 0.6) is 0 Å². The van der Waals surface area contributed by atoms with Crippen molar-refractivity contribution in [2.45, 2.75) is 32.9 Å². The van der Waals surface area contributed by atoms with Crippen molar-refractivity contribution >= 4 is 0 Å². The van der Waals surface area contributed by atoms with Gasteiger partial charge in [0, 0.05) is 11.7 Å². The molecular formula is C16H20N6O. The van der Waals surface area contributed by atoms with Crippen molar-refractivity contribution in [3.05, 3.63) is 54.2 Å². The first kappa shape index (κ1) is 15.4. The van der Waals surface area contributed by atoms with Gasteiger partial charge in [-0.15, -0.1) is 10.2 Å². The van der Waals surface area contributed by atoms with E-state index < -0.39 is 0 Å². The van der Waals surface area contributed by atoms with E-state index in [-0.39, 0.29) is 0 Å². The van der Waals surface area contributed by atoms with Gasteiger partial charge in [0.25, 0.3) is 0 Å². The number of nitrogens with zero attached hydrogens (tertiary/aromatic N) is 6. The van der Waals surface area contributed by atoms with Crippen LogP contribution in [0.25, 0.3) is 5.69 Å².